The highest BCUT2D eigenvalue weighted by molar-refractivity contribution is 5.41. The van der Waals surface area contributed by atoms with Crippen LogP contribution >= 0.6 is 0 Å². The third-order valence-electron chi connectivity index (χ3n) is 4.13. The highest BCUT2D eigenvalue weighted by Crippen LogP contribution is 2.33. The summed E-state index contributed by atoms with van der Waals surface area (Å²) in [4.78, 5) is 0. The van der Waals surface area contributed by atoms with Crippen molar-refractivity contribution in [2.75, 3.05) is 20.2 Å². The number of benzene rings is 1. The van der Waals surface area contributed by atoms with Gasteiger partial charge in [-0.25, -0.2) is 0 Å². The van der Waals surface area contributed by atoms with E-state index in [0.717, 1.165) is 24.4 Å². The quantitative estimate of drug-likeness (QED) is 0.877. The van der Waals surface area contributed by atoms with Gasteiger partial charge in [0.15, 0.2) is 0 Å². The molecular formula is C16H26N2O. The van der Waals surface area contributed by atoms with Gasteiger partial charge >= 0.3 is 0 Å². The van der Waals surface area contributed by atoms with Crippen molar-refractivity contribution in [2.45, 2.75) is 38.6 Å². The fourth-order valence-electron chi connectivity index (χ4n) is 2.80. The van der Waals surface area contributed by atoms with Crippen LogP contribution in [0.25, 0.3) is 0 Å². The first kappa shape index (κ1) is 14.4. The van der Waals surface area contributed by atoms with E-state index in [0.29, 0.717) is 11.8 Å². The Hall–Kier alpha value is -1.06. The van der Waals surface area contributed by atoms with E-state index in [9.17, 15) is 0 Å². The van der Waals surface area contributed by atoms with E-state index in [4.69, 9.17) is 10.5 Å². The van der Waals surface area contributed by atoms with Crippen molar-refractivity contribution < 1.29 is 4.74 Å². The molecule has 1 aliphatic heterocycles. The maximum absolute atomic E-state index is 6.45. The second kappa shape index (κ2) is 6.40. The molecule has 2 atom stereocenters. The van der Waals surface area contributed by atoms with Crippen molar-refractivity contribution in [1.82, 2.24) is 5.32 Å². The number of hydrogen-bond acceptors (Lipinski definition) is 3. The van der Waals surface area contributed by atoms with Crippen molar-refractivity contribution in [3.05, 3.63) is 29.3 Å². The smallest absolute Gasteiger partial charge is 0.123 e. The van der Waals surface area contributed by atoms with Crippen LogP contribution in [0, 0.1) is 5.92 Å². The summed E-state index contributed by atoms with van der Waals surface area (Å²) in [5, 5.41) is 3.43. The average Bonchev–Trinajstić information content (AvgIpc) is 2.46. The molecule has 0 bridgehead atoms. The van der Waals surface area contributed by atoms with Crippen LogP contribution in [0.2, 0.25) is 0 Å². The van der Waals surface area contributed by atoms with Gasteiger partial charge in [0, 0.05) is 11.6 Å². The van der Waals surface area contributed by atoms with Crippen molar-refractivity contribution in [3.63, 3.8) is 0 Å². The molecule has 1 aromatic carbocycles. The van der Waals surface area contributed by atoms with E-state index >= 15 is 0 Å². The topological polar surface area (TPSA) is 47.3 Å². The lowest BCUT2D eigenvalue weighted by Gasteiger charge is -2.29. The summed E-state index contributed by atoms with van der Waals surface area (Å²) in [6.07, 6.45) is 2.41. The molecule has 2 rings (SSSR count). The molecule has 3 nitrogen and oxygen atoms in total. The van der Waals surface area contributed by atoms with Crippen LogP contribution in [0.1, 0.15) is 49.8 Å². The lowest BCUT2D eigenvalue weighted by atomic mass is 9.86. The molecule has 0 amide bonds. The molecule has 0 aromatic heterocycles. The standard InChI is InChI=1S/C16H26N2O/c1-11(2)12-6-7-14(15(9-12)19-3)16(17)13-5-4-8-18-10-13/h6-7,9,11,13,16,18H,4-5,8,10,17H2,1-3H3. The van der Waals surface area contributed by atoms with Crippen LogP contribution in [0.3, 0.4) is 0 Å². The fraction of sp³-hybridized carbons (Fsp3) is 0.625. The first-order valence-corrected chi connectivity index (χ1v) is 7.27. The third kappa shape index (κ3) is 3.28. The molecule has 106 valence electrons. The molecule has 0 spiro atoms. The van der Waals surface area contributed by atoms with E-state index in [2.05, 4.69) is 37.4 Å². The average molecular weight is 262 g/mol. The predicted octanol–water partition coefficient (Wildman–Crippen LogP) is 2.82. The first-order valence-electron chi connectivity index (χ1n) is 7.27. The first-order chi connectivity index (χ1) is 9.13. The van der Waals surface area contributed by atoms with Gasteiger partial charge < -0.3 is 15.8 Å². The largest absolute Gasteiger partial charge is 0.496 e. The number of methoxy groups -OCH3 is 1. The van der Waals surface area contributed by atoms with E-state index in [1.165, 1.54) is 18.4 Å². The molecule has 1 fully saturated rings. The van der Waals surface area contributed by atoms with Gasteiger partial charge in [-0.3, -0.25) is 0 Å². The highest BCUT2D eigenvalue weighted by Gasteiger charge is 2.24. The van der Waals surface area contributed by atoms with E-state index in [-0.39, 0.29) is 6.04 Å². The van der Waals surface area contributed by atoms with Crippen molar-refractivity contribution in [3.8, 4) is 5.75 Å². The minimum atomic E-state index is 0.0592. The van der Waals surface area contributed by atoms with Crippen LogP contribution in [0.4, 0.5) is 0 Å². The zero-order chi connectivity index (χ0) is 13.8. The summed E-state index contributed by atoms with van der Waals surface area (Å²) < 4.78 is 5.55. The summed E-state index contributed by atoms with van der Waals surface area (Å²) in [5.41, 5.74) is 8.89. The minimum absolute atomic E-state index is 0.0592. The summed E-state index contributed by atoms with van der Waals surface area (Å²) in [5.74, 6) is 1.95. The van der Waals surface area contributed by atoms with Crippen LogP contribution < -0.4 is 15.8 Å². The maximum Gasteiger partial charge on any atom is 0.123 e. The van der Waals surface area contributed by atoms with Gasteiger partial charge in [0.25, 0.3) is 0 Å². The predicted molar refractivity (Wildman–Crippen MR) is 79.6 cm³/mol. The highest BCUT2D eigenvalue weighted by atomic mass is 16.5. The molecule has 1 heterocycles. The number of nitrogens with one attached hydrogen (secondary N) is 1. The number of rotatable bonds is 4. The van der Waals surface area contributed by atoms with Gasteiger partial charge in [0.05, 0.1) is 7.11 Å². The molecule has 1 saturated heterocycles. The van der Waals surface area contributed by atoms with Gasteiger partial charge in [-0.1, -0.05) is 26.0 Å². The minimum Gasteiger partial charge on any atom is -0.496 e. The number of ether oxygens (including phenoxy) is 1. The van der Waals surface area contributed by atoms with Gasteiger partial charge in [-0.2, -0.15) is 0 Å². The molecule has 19 heavy (non-hydrogen) atoms. The molecule has 3 heteroatoms. The molecule has 1 aromatic rings. The number of piperidine rings is 1. The van der Waals surface area contributed by atoms with E-state index < -0.39 is 0 Å². The lowest BCUT2D eigenvalue weighted by Crippen LogP contribution is -2.36. The Kier molecular flexibility index (Phi) is 4.83. The molecular weight excluding hydrogens is 236 g/mol. The summed E-state index contributed by atoms with van der Waals surface area (Å²) in [7, 11) is 1.73. The van der Waals surface area contributed by atoms with Crippen LogP contribution in [-0.4, -0.2) is 20.2 Å². The van der Waals surface area contributed by atoms with Crippen LogP contribution in [0.15, 0.2) is 18.2 Å². The zero-order valence-corrected chi connectivity index (χ0v) is 12.3. The van der Waals surface area contributed by atoms with E-state index in [1.807, 2.05) is 0 Å². The molecule has 1 aliphatic rings. The Labute approximate surface area is 116 Å². The maximum atomic E-state index is 6.45. The van der Waals surface area contributed by atoms with Crippen molar-refractivity contribution >= 4 is 0 Å². The van der Waals surface area contributed by atoms with Crippen LogP contribution in [0.5, 0.6) is 5.75 Å². The Morgan fingerprint density at radius 1 is 1.37 bits per heavy atom. The second-order valence-electron chi connectivity index (χ2n) is 5.79. The van der Waals surface area contributed by atoms with E-state index in [1.54, 1.807) is 7.11 Å². The zero-order valence-electron chi connectivity index (χ0n) is 12.3. The molecule has 3 N–H and O–H groups in total. The molecule has 0 radical (unpaired) electrons. The van der Waals surface area contributed by atoms with Gasteiger partial charge in [-0.05, 0) is 49.4 Å². The van der Waals surface area contributed by atoms with Crippen LogP contribution in [-0.2, 0) is 0 Å². The summed E-state index contributed by atoms with van der Waals surface area (Å²) in [6, 6.07) is 6.52. The Bertz CT molecular complexity index is 411. The van der Waals surface area contributed by atoms with Gasteiger partial charge in [-0.15, -0.1) is 0 Å². The SMILES string of the molecule is COc1cc(C(C)C)ccc1C(N)C1CCCNC1. The summed E-state index contributed by atoms with van der Waals surface area (Å²) in [6.45, 7) is 6.52. The van der Waals surface area contributed by atoms with Crippen molar-refractivity contribution in [1.29, 1.82) is 0 Å². The Morgan fingerprint density at radius 2 is 2.16 bits per heavy atom. The van der Waals surface area contributed by atoms with Crippen molar-refractivity contribution in [2.24, 2.45) is 11.7 Å². The second-order valence-corrected chi connectivity index (χ2v) is 5.79. The lowest BCUT2D eigenvalue weighted by molar-refractivity contribution is 0.317. The Morgan fingerprint density at radius 3 is 2.74 bits per heavy atom. The van der Waals surface area contributed by atoms with Gasteiger partial charge in [0.1, 0.15) is 5.75 Å². The third-order valence-corrected chi connectivity index (χ3v) is 4.13. The number of nitrogens with two attached hydrogens (primary N) is 1. The normalized spacial score (nSPS) is 21.4. The molecule has 0 saturated carbocycles. The molecule has 0 aliphatic carbocycles. The molecule has 2 unspecified atom stereocenters. The fourth-order valence-corrected chi connectivity index (χ4v) is 2.80. The van der Waals surface area contributed by atoms with Gasteiger partial charge in [0.2, 0.25) is 0 Å². The Balaban J connectivity index is 2.22. The number of hydrogen-bond donors (Lipinski definition) is 2. The monoisotopic (exact) mass is 262 g/mol. The summed E-state index contributed by atoms with van der Waals surface area (Å²) >= 11 is 0.